The molecule has 2 aromatic rings. The van der Waals surface area contributed by atoms with E-state index in [1.54, 1.807) is 36.5 Å². The average molecular weight is 322 g/mol. The molecule has 0 radical (unpaired) electrons. The van der Waals surface area contributed by atoms with Gasteiger partial charge in [0.15, 0.2) is 0 Å². The molecule has 4 heteroatoms. The van der Waals surface area contributed by atoms with Crippen LogP contribution in [-0.2, 0) is 0 Å². The Morgan fingerprint density at radius 1 is 1.31 bits per heavy atom. The van der Waals surface area contributed by atoms with Crippen molar-refractivity contribution in [3.63, 3.8) is 0 Å². The third kappa shape index (κ3) is 1.99. The van der Waals surface area contributed by atoms with Crippen molar-refractivity contribution in [3.05, 3.63) is 57.4 Å². The number of nitrogens with zero attached hydrogens (tertiary/aromatic N) is 2. The Balaban J connectivity index is 2.46. The lowest BCUT2D eigenvalue weighted by Crippen LogP contribution is -2.12. The zero-order chi connectivity index (χ0) is 11.5. The first-order valence-electron chi connectivity index (χ1n) is 4.60. The summed E-state index contributed by atoms with van der Waals surface area (Å²) in [6.45, 7) is 0. The van der Waals surface area contributed by atoms with Crippen LogP contribution in [0.25, 0.3) is 0 Å². The van der Waals surface area contributed by atoms with E-state index in [2.05, 4.69) is 22.6 Å². The Bertz CT molecular complexity index is 566. The minimum absolute atomic E-state index is 0.180. The fourth-order valence-corrected chi connectivity index (χ4v) is 1.98. The minimum atomic E-state index is -0.180. The van der Waals surface area contributed by atoms with Crippen LogP contribution in [0, 0.1) is 14.9 Å². The predicted octanol–water partition coefficient (Wildman–Crippen LogP) is 2.65. The second-order valence-corrected chi connectivity index (χ2v) is 4.44. The van der Waals surface area contributed by atoms with E-state index in [0.717, 1.165) is 3.57 Å². The van der Waals surface area contributed by atoms with Crippen molar-refractivity contribution < 1.29 is 4.79 Å². The van der Waals surface area contributed by atoms with Crippen LogP contribution in [0.3, 0.4) is 0 Å². The molecule has 78 valence electrons. The van der Waals surface area contributed by atoms with Gasteiger partial charge in [0, 0.05) is 15.3 Å². The standard InChI is InChI=1S/C12H7IN2O/c13-10-6-11(7-14)15(8-10)12(16)9-4-2-1-3-5-9/h1-6,8H. The van der Waals surface area contributed by atoms with Crippen molar-refractivity contribution in [2.24, 2.45) is 0 Å². The third-order valence-electron chi connectivity index (χ3n) is 2.14. The van der Waals surface area contributed by atoms with Gasteiger partial charge in [0.25, 0.3) is 5.91 Å². The van der Waals surface area contributed by atoms with E-state index in [1.807, 2.05) is 12.1 Å². The Hall–Kier alpha value is -1.61. The second-order valence-electron chi connectivity index (χ2n) is 3.20. The molecule has 0 spiro atoms. The van der Waals surface area contributed by atoms with Crippen LogP contribution in [0.2, 0.25) is 0 Å². The average Bonchev–Trinajstić information content (AvgIpc) is 2.70. The largest absolute Gasteiger partial charge is 0.273 e. The van der Waals surface area contributed by atoms with Crippen LogP contribution in [0.15, 0.2) is 42.6 Å². The summed E-state index contributed by atoms with van der Waals surface area (Å²) in [7, 11) is 0. The molecule has 0 amide bonds. The number of aromatic nitrogens is 1. The van der Waals surface area contributed by atoms with Gasteiger partial charge in [-0.2, -0.15) is 5.26 Å². The van der Waals surface area contributed by atoms with Crippen LogP contribution < -0.4 is 0 Å². The first-order valence-corrected chi connectivity index (χ1v) is 5.68. The molecule has 0 bridgehead atoms. The zero-order valence-corrected chi connectivity index (χ0v) is 10.4. The summed E-state index contributed by atoms with van der Waals surface area (Å²) < 4.78 is 2.25. The number of halogens is 1. The number of carbonyl (C=O) groups excluding carboxylic acids is 1. The molecule has 0 aliphatic carbocycles. The highest BCUT2D eigenvalue weighted by Gasteiger charge is 2.12. The fraction of sp³-hybridized carbons (Fsp3) is 0. The SMILES string of the molecule is N#Cc1cc(I)cn1C(=O)c1ccccc1. The molecule has 1 aromatic heterocycles. The van der Waals surface area contributed by atoms with Crippen LogP contribution in [0.5, 0.6) is 0 Å². The van der Waals surface area contributed by atoms with E-state index in [1.165, 1.54) is 4.57 Å². The molecule has 0 aliphatic rings. The van der Waals surface area contributed by atoms with Crippen molar-refractivity contribution >= 4 is 28.5 Å². The van der Waals surface area contributed by atoms with Gasteiger partial charge < -0.3 is 0 Å². The maximum Gasteiger partial charge on any atom is 0.262 e. The maximum absolute atomic E-state index is 12.0. The summed E-state index contributed by atoms with van der Waals surface area (Å²) in [5.74, 6) is -0.180. The lowest BCUT2D eigenvalue weighted by Gasteiger charge is -2.02. The molecule has 0 N–H and O–H groups in total. The number of benzene rings is 1. The maximum atomic E-state index is 12.0. The van der Waals surface area contributed by atoms with E-state index in [4.69, 9.17) is 5.26 Å². The monoisotopic (exact) mass is 322 g/mol. The Labute approximate surface area is 106 Å². The van der Waals surface area contributed by atoms with Gasteiger partial charge in [0.05, 0.1) is 0 Å². The molecule has 0 saturated carbocycles. The summed E-state index contributed by atoms with van der Waals surface area (Å²) in [6.07, 6.45) is 1.66. The number of rotatable bonds is 1. The van der Waals surface area contributed by atoms with Gasteiger partial charge in [-0.25, -0.2) is 0 Å². The van der Waals surface area contributed by atoms with E-state index in [-0.39, 0.29) is 5.91 Å². The first-order chi connectivity index (χ1) is 7.72. The van der Waals surface area contributed by atoms with Crippen LogP contribution in [0.1, 0.15) is 16.1 Å². The smallest absolute Gasteiger partial charge is 0.262 e. The summed E-state index contributed by atoms with van der Waals surface area (Å²) in [4.78, 5) is 12.0. The lowest BCUT2D eigenvalue weighted by molar-refractivity contribution is 0.0959. The molecule has 0 fully saturated rings. The molecular weight excluding hydrogens is 315 g/mol. The van der Waals surface area contributed by atoms with Gasteiger partial charge >= 0.3 is 0 Å². The topological polar surface area (TPSA) is 45.8 Å². The zero-order valence-electron chi connectivity index (χ0n) is 8.22. The predicted molar refractivity (Wildman–Crippen MR) is 68.0 cm³/mol. The van der Waals surface area contributed by atoms with E-state index >= 15 is 0 Å². The number of hydrogen-bond acceptors (Lipinski definition) is 2. The van der Waals surface area contributed by atoms with E-state index in [0.29, 0.717) is 11.3 Å². The van der Waals surface area contributed by atoms with Crippen LogP contribution in [-0.4, -0.2) is 10.5 Å². The molecule has 1 aromatic carbocycles. The molecule has 2 rings (SSSR count). The van der Waals surface area contributed by atoms with Crippen LogP contribution in [0.4, 0.5) is 0 Å². The molecular formula is C12H7IN2O. The summed E-state index contributed by atoms with van der Waals surface area (Å²) >= 11 is 2.08. The second kappa shape index (κ2) is 4.49. The normalized spacial score (nSPS) is 9.75. The van der Waals surface area contributed by atoms with Gasteiger partial charge in [-0.05, 0) is 40.8 Å². The summed E-state index contributed by atoms with van der Waals surface area (Å²) in [5.41, 5.74) is 0.934. The van der Waals surface area contributed by atoms with E-state index < -0.39 is 0 Å². The number of nitriles is 1. The number of carbonyl (C=O) groups is 1. The highest BCUT2D eigenvalue weighted by atomic mass is 127. The minimum Gasteiger partial charge on any atom is -0.273 e. The van der Waals surface area contributed by atoms with Crippen molar-refractivity contribution in [3.8, 4) is 6.07 Å². The Morgan fingerprint density at radius 3 is 2.62 bits per heavy atom. The Kier molecular flexibility index (Phi) is 3.06. The molecule has 16 heavy (non-hydrogen) atoms. The molecule has 0 unspecified atom stereocenters. The first kappa shape index (κ1) is 10.9. The molecule has 0 aliphatic heterocycles. The van der Waals surface area contributed by atoms with Crippen molar-refractivity contribution in [1.29, 1.82) is 5.26 Å². The molecule has 0 saturated heterocycles. The highest BCUT2D eigenvalue weighted by Crippen LogP contribution is 2.12. The number of hydrogen-bond donors (Lipinski definition) is 0. The van der Waals surface area contributed by atoms with Gasteiger partial charge in [0.2, 0.25) is 0 Å². The fourth-order valence-electron chi connectivity index (χ4n) is 1.40. The van der Waals surface area contributed by atoms with Crippen LogP contribution >= 0.6 is 22.6 Å². The lowest BCUT2D eigenvalue weighted by atomic mass is 10.2. The molecule has 0 atom stereocenters. The molecule has 1 heterocycles. The van der Waals surface area contributed by atoms with Crippen molar-refractivity contribution in [1.82, 2.24) is 4.57 Å². The highest BCUT2D eigenvalue weighted by molar-refractivity contribution is 14.1. The van der Waals surface area contributed by atoms with E-state index in [9.17, 15) is 4.79 Å². The van der Waals surface area contributed by atoms with Gasteiger partial charge in [-0.1, -0.05) is 18.2 Å². The van der Waals surface area contributed by atoms with Gasteiger partial charge in [-0.3, -0.25) is 9.36 Å². The molecule has 3 nitrogen and oxygen atoms in total. The van der Waals surface area contributed by atoms with Gasteiger partial charge in [0.1, 0.15) is 11.8 Å². The summed E-state index contributed by atoms with van der Waals surface area (Å²) in [5, 5.41) is 8.90. The Morgan fingerprint density at radius 2 is 2.00 bits per heavy atom. The van der Waals surface area contributed by atoms with Gasteiger partial charge in [-0.15, -0.1) is 0 Å². The van der Waals surface area contributed by atoms with Crippen molar-refractivity contribution in [2.45, 2.75) is 0 Å². The van der Waals surface area contributed by atoms with Crippen molar-refractivity contribution in [2.75, 3.05) is 0 Å². The summed E-state index contributed by atoms with van der Waals surface area (Å²) in [6, 6.07) is 12.6. The quantitative estimate of drug-likeness (QED) is 0.758. The third-order valence-corrected chi connectivity index (χ3v) is 2.73.